The van der Waals surface area contributed by atoms with Crippen molar-refractivity contribution >= 4 is 5.82 Å². The van der Waals surface area contributed by atoms with Crippen molar-refractivity contribution in [3.63, 3.8) is 0 Å². The normalized spacial score (nSPS) is 27.6. The molecule has 0 radical (unpaired) electrons. The molecule has 0 amide bonds. The molecule has 1 fully saturated rings. The molecule has 2 heterocycles. The quantitative estimate of drug-likeness (QED) is 0.743. The number of nitrogens with two attached hydrogens (primary N) is 1. The lowest BCUT2D eigenvalue weighted by molar-refractivity contribution is -0.0384. The number of nitrogens with zero attached hydrogens (tertiary/aromatic N) is 2. The fraction of sp³-hybridized carbons (Fsp3) is 0.636. The van der Waals surface area contributed by atoms with Crippen LogP contribution in [0.3, 0.4) is 0 Å². The zero-order valence-electron chi connectivity index (χ0n) is 10.2. The highest BCUT2D eigenvalue weighted by Gasteiger charge is 2.36. The molecule has 7 nitrogen and oxygen atoms in total. The first-order chi connectivity index (χ1) is 8.65. The van der Waals surface area contributed by atoms with E-state index in [-0.39, 0.29) is 24.4 Å². The smallest absolute Gasteiger partial charge is 0.351 e. The van der Waals surface area contributed by atoms with Crippen LogP contribution < -0.4 is 11.4 Å². The highest BCUT2D eigenvalue weighted by atomic mass is 16.5. The number of anilines is 1. The summed E-state index contributed by atoms with van der Waals surface area (Å²) in [5.74, 6) is 0.246. The van der Waals surface area contributed by atoms with Gasteiger partial charge in [-0.1, -0.05) is 0 Å². The van der Waals surface area contributed by atoms with Crippen LogP contribution in [0, 0.1) is 5.92 Å². The zero-order valence-corrected chi connectivity index (χ0v) is 10.2. The lowest BCUT2D eigenvalue weighted by Gasteiger charge is -2.15. The Bertz CT molecular complexity index is 462. The first-order valence-electron chi connectivity index (χ1n) is 5.75. The molecule has 0 aromatic carbocycles. The number of ether oxygens (including phenoxy) is 2. The molecular formula is C11H17N3O4. The summed E-state index contributed by atoms with van der Waals surface area (Å²) in [6, 6.07) is 1.54. The molecule has 0 aliphatic carbocycles. The van der Waals surface area contributed by atoms with Crippen molar-refractivity contribution in [3.05, 3.63) is 22.7 Å². The summed E-state index contributed by atoms with van der Waals surface area (Å²) >= 11 is 0. The van der Waals surface area contributed by atoms with E-state index in [9.17, 15) is 9.90 Å². The number of aliphatic hydroxyl groups excluding tert-OH is 1. The predicted molar refractivity (Wildman–Crippen MR) is 63.9 cm³/mol. The minimum Gasteiger partial charge on any atom is -0.394 e. The molecule has 3 unspecified atom stereocenters. The summed E-state index contributed by atoms with van der Waals surface area (Å²) in [5, 5.41) is 9.24. The Morgan fingerprint density at radius 2 is 2.50 bits per heavy atom. The first kappa shape index (κ1) is 13.0. The Kier molecular flexibility index (Phi) is 3.95. The minimum atomic E-state index is -0.449. The highest BCUT2D eigenvalue weighted by Crippen LogP contribution is 2.32. The Morgan fingerprint density at radius 3 is 3.11 bits per heavy atom. The van der Waals surface area contributed by atoms with Gasteiger partial charge < -0.3 is 20.3 Å². The third-order valence-corrected chi connectivity index (χ3v) is 3.08. The van der Waals surface area contributed by atoms with Crippen molar-refractivity contribution < 1.29 is 14.6 Å². The van der Waals surface area contributed by atoms with E-state index in [1.54, 1.807) is 19.4 Å². The van der Waals surface area contributed by atoms with Crippen molar-refractivity contribution in [1.29, 1.82) is 0 Å². The van der Waals surface area contributed by atoms with E-state index in [0.29, 0.717) is 13.0 Å². The zero-order chi connectivity index (χ0) is 13.1. The van der Waals surface area contributed by atoms with Crippen molar-refractivity contribution in [3.8, 4) is 0 Å². The third-order valence-electron chi connectivity index (χ3n) is 3.08. The Labute approximate surface area is 104 Å². The van der Waals surface area contributed by atoms with Gasteiger partial charge in [0.25, 0.3) is 0 Å². The van der Waals surface area contributed by atoms with Gasteiger partial charge in [0.05, 0.1) is 19.3 Å². The molecule has 1 aromatic heterocycles. The van der Waals surface area contributed by atoms with Crippen molar-refractivity contribution in [1.82, 2.24) is 9.55 Å². The molecule has 0 saturated carbocycles. The van der Waals surface area contributed by atoms with Crippen LogP contribution in [0.2, 0.25) is 0 Å². The Balaban J connectivity index is 2.18. The SMILES string of the molecule is COCC1CC(n2ccc(N)nc2=O)OC1CO. The number of aliphatic hydroxyl groups is 1. The molecule has 1 saturated heterocycles. The van der Waals surface area contributed by atoms with E-state index < -0.39 is 11.9 Å². The van der Waals surface area contributed by atoms with Gasteiger partial charge in [0.1, 0.15) is 12.0 Å². The molecule has 1 aromatic rings. The average molecular weight is 255 g/mol. The first-order valence-corrected chi connectivity index (χ1v) is 5.75. The second-order valence-electron chi connectivity index (χ2n) is 4.31. The summed E-state index contributed by atoms with van der Waals surface area (Å²) in [7, 11) is 1.60. The van der Waals surface area contributed by atoms with Crippen LogP contribution in [0.25, 0.3) is 0 Å². The molecule has 100 valence electrons. The van der Waals surface area contributed by atoms with Crippen LogP contribution in [0.4, 0.5) is 5.82 Å². The van der Waals surface area contributed by atoms with Gasteiger partial charge in [-0.05, 0) is 6.07 Å². The maximum atomic E-state index is 11.7. The molecule has 1 aliphatic heterocycles. The van der Waals surface area contributed by atoms with E-state index in [0.717, 1.165) is 0 Å². The fourth-order valence-corrected chi connectivity index (χ4v) is 2.18. The largest absolute Gasteiger partial charge is 0.394 e. The van der Waals surface area contributed by atoms with Gasteiger partial charge >= 0.3 is 5.69 Å². The number of methoxy groups -OCH3 is 1. The van der Waals surface area contributed by atoms with Crippen LogP contribution >= 0.6 is 0 Å². The Morgan fingerprint density at radius 1 is 1.72 bits per heavy atom. The molecule has 3 N–H and O–H groups in total. The summed E-state index contributed by atoms with van der Waals surface area (Å²) in [5.41, 5.74) is 4.98. The number of hydrogen-bond donors (Lipinski definition) is 2. The van der Waals surface area contributed by atoms with E-state index >= 15 is 0 Å². The lowest BCUT2D eigenvalue weighted by atomic mass is 10.0. The van der Waals surface area contributed by atoms with Gasteiger partial charge in [-0.25, -0.2) is 4.79 Å². The predicted octanol–water partition coefficient (Wildman–Crippen LogP) is -0.632. The fourth-order valence-electron chi connectivity index (χ4n) is 2.18. The number of rotatable bonds is 4. The van der Waals surface area contributed by atoms with E-state index in [2.05, 4.69) is 4.98 Å². The molecule has 7 heteroatoms. The van der Waals surface area contributed by atoms with Gasteiger partial charge in [0, 0.05) is 25.6 Å². The summed E-state index contributed by atoms with van der Waals surface area (Å²) < 4.78 is 12.1. The van der Waals surface area contributed by atoms with Crippen LogP contribution in [-0.4, -0.2) is 41.1 Å². The molecule has 18 heavy (non-hydrogen) atoms. The van der Waals surface area contributed by atoms with Gasteiger partial charge in [-0.3, -0.25) is 4.57 Å². The molecule has 0 bridgehead atoms. The maximum Gasteiger partial charge on any atom is 0.351 e. The number of hydrogen-bond acceptors (Lipinski definition) is 6. The average Bonchev–Trinajstić information content (AvgIpc) is 2.72. The lowest BCUT2D eigenvalue weighted by Crippen LogP contribution is -2.27. The monoisotopic (exact) mass is 255 g/mol. The van der Waals surface area contributed by atoms with Crippen LogP contribution in [0.15, 0.2) is 17.1 Å². The van der Waals surface area contributed by atoms with Gasteiger partial charge in [0.2, 0.25) is 0 Å². The van der Waals surface area contributed by atoms with Gasteiger partial charge in [-0.15, -0.1) is 0 Å². The molecule has 1 aliphatic rings. The van der Waals surface area contributed by atoms with Crippen LogP contribution in [0.1, 0.15) is 12.6 Å². The summed E-state index contributed by atoms with van der Waals surface area (Å²) in [6.07, 6.45) is 1.41. The second-order valence-corrected chi connectivity index (χ2v) is 4.31. The second kappa shape index (κ2) is 5.47. The number of nitrogen functional groups attached to an aromatic ring is 1. The highest BCUT2D eigenvalue weighted by molar-refractivity contribution is 5.23. The summed E-state index contributed by atoms with van der Waals surface area (Å²) in [6.45, 7) is 0.389. The molecule has 2 rings (SSSR count). The third kappa shape index (κ3) is 2.53. The van der Waals surface area contributed by atoms with Crippen molar-refractivity contribution in [2.45, 2.75) is 18.8 Å². The van der Waals surface area contributed by atoms with Crippen molar-refractivity contribution in [2.75, 3.05) is 26.1 Å². The molecule has 3 atom stereocenters. The molecular weight excluding hydrogens is 238 g/mol. The van der Waals surface area contributed by atoms with Crippen LogP contribution in [-0.2, 0) is 9.47 Å². The van der Waals surface area contributed by atoms with E-state index in [1.165, 1.54) is 4.57 Å². The van der Waals surface area contributed by atoms with E-state index in [1.807, 2.05) is 0 Å². The number of aromatic nitrogens is 2. The minimum absolute atomic E-state index is 0.0643. The Hall–Kier alpha value is -1.44. The van der Waals surface area contributed by atoms with Gasteiger partial charge in [-0.2, -0.15) is 4.98 Å². The standard InChI is InChI=1S/C11H17N3O4/c1-17-6-7-4-10(18-8(7)5-15)14-3-2-9(12)13-11(14)16/h2-3,7-8,10,15H,4-6H2,1H3,(H2,12,13,16). The van der Waals surface area contributed by atoms with Crippen molar-refractivity contribution in [2.24, 2.45) is 5.92 Å². The molecule has 0 spiro atoms. The maximum absolute atomic E-state index is 11.7. The van der Waals surface area contributed by atoms with Gasteiger partial charge in [0.15, 0.2) is 0 Å². The summed E-state index contributed by atoms with van der Waals surface area (Å²) in [4.78, 5) is 15.3. The van der Waals surface area contributed by atoms with E-state index in [4.69, 9.17) is 15.2 Å². The van der Waals surface area contributed by atoms with Crippen LogP contribution in [0.5, 0.6) is 0 Å². The topological polar surface area (TPSA) is 99.6 Å².